The molecule has 0 unspecified atom stereocenters. The minimum Gasteiger partial charge on any atom is -0.457 e. The second-order valence-corrected chi connectivity index (χ2v) is 6.62. The molecule has 1 aromatic heterocycles. The number of nitrogens with zero attached hydrogens (tertiary/aromatic N) is 2. The van der Waals surface area contributed by atoms with Crippen molar-refractivity contribution in [2.24, 2.45) is 0 Å². The molecule has 5 heteroatoms. The first-order valence-electron chi connectivity index (χ1n) is 9.18. The predicted octanol–water partition coefficient (Wildman–Crippen LogP) is 6.72. The number of halogens is 1. The monoisotopic (exact) mass is 403 g/mol. The Balaban J connectivity index is 0.00000240. The van der Waals surface area contributed by atoms with E-state index in [0.29, 0.717) is 0 Å². The lowest BCUT2D eigenvalue weighted by atomic mass is 10.1. The highest BCUT2D eigenvalue weighted by molar-refractivity contribution is 5.85. The maximum atomic E-state index is 5.84. The van der Waals surface area contributed by atoms with Gasteiger partial charge in [0.25, 0.3) is 0 Å². The number of para-hydroxylation sites is 1. The van der Waals surface area contributed by atoms with Gasteiger partial charge in [-0.1, -0.05) is 42.0 Å². The van der Waals surface area contributed by atoms with Crippen LogP contribution in [-0.4, -0.2) is 9.97 Å². The number of benzene rings is 3. The van der Waals surface area contributed by atoms with Crippen LogP contribution in [0.2, 0.25) is 0 Å². The molecule has 0 bridgehead atoms. The van der Waals surface area contributed by atoms with E-state index < -0.39 is 0 Å². The molecule has 29 heavy (non-hydrogen) atoms. The third-order valence-corrected chi connectivity index (χ3v) is 4.26. The average molecular weight is 404 g/mol. The van der Waals surface area contributed by atoms with Gasteiger partial charge < -0.3 is 10.1 Å². The molecule has 3 aromatic carbocycles. The van der Waals surface area contributed by atoms with Crippen LogP contribution < -0.4 is 10.1 Å². The lowest BCUT2D eigenvalue weighted by Crippen LogP contribution is -1.99. The number of rotatable bonds is 5. The number of ether oxygens (including phenoxy) is 1. The molecular weight excluding hydrogens is 382 g/mol. The van der Waals surface area contributed by atoms with Crippen LogP contribution in [-0.2, 0) is 0 Å². The fourth-order valence-electron chi connectivity index (χ4n) is 2.96. The van der Waals surface area contributed by atoms with E-state index in [4.69, 9.17) is 4.74 Å². The summed E-state index contributed by atoms with van der Waals surface area (Å²) < 4.78 is 5.84. The van der Waals surface area contributed by atoms with Gasteiger partial charge in [0.1, 0.15) is 23.1 Å². The van der Waals surface area contributed by atoms with Gasteiger partial charge in [0.2, 0.25) is 0 Å². The van der Waals surface area contributed by atoms with E-state index in [1.54, 1.807) is 0 Å². The van der Waals surface area contributed by atoms with Crippen LogP contribution in [0.3, 0.4) is 0 Å². The van der Waals surface area contributed by atoms with Crippen LogP contribution in [0.4, 0.5) is 11.5 Å². The van der Waals surface area contributed by atoms with Crippen molar-refractivity contribution in [2.75, 3.05) is 5.32 Å². The molecule has 4 aromatic rings. The summed E-state index contributed by atoms with van der Waals surface area (Å²) in [5, 5.41) is 3.35. The maximum absolute atomic E-state index is 5.84. The number of anilines is 2. The summed E-state index contributed by atoms with van der Waals surface area (Å²) in [6, 6.07) is 27.8. The van der Waals surface area contributed by atoms with Gasteiger partial charge in [-0.05, 0) is 56.3 Å². The molecule has 1 N–H and O–H groups in total. The van der Waals surface area contributed by atoms with Gasteiger partial charge in [-0.25, -0.2) is 9.97 Å². The van der Waals surface area contributed by atoms with E-state index >= 15 is 0 Å². The Kier molecular flexibility index (Phi) is 6.47. The van der Waals surface area contributed by atoms with E-state index in [0.717, 1.165) is 40.1 Å². The van der Waals surface area contributed by atoms with E-state index in [9.17, 15) is 0 Å². The Labute approximate surface area is 177 Å². The summed E-state index contributed by atoms with van der Waals surface area (Å²) in [5.74, 6) is 3.10. The third-order valence-electron chi connectivity index (χ3n) is 4.26. The average Bonchev–Trinajstić information content (AvgIpc) is 2.70. The summed E-state index contributed by atoms with van der Waals surface area (Å²) in [5.41, 5.74) is 4.13. The Morgan fingerprint density at radius 2 is 1.45 bits per heavy atom. The van der Waals surface area contributed by atoms with Crippen molar-refractivity contribution in [3.8, 4) is 22.8 Å². The quantitative estimate of drug-likeness (QED) is 0.402. The number of aromatic nitrogens is 2. The summed E-state index contributed by atoms with van der Waals surface area (Å²) in [6.07, 6.45) is 0. The van der Waals surface area contributed by atoms with E-state index in [2.05, 4.69) is 40.4 Å². The Hall–Kier alpha value is -3.37. The molecule has 4 nitrogen and oxygen atoms in total. The molecule has 0 aliphatic heterocycles. The summed E-state index contributed by atoms with van der Waals surface area (Å²) in [7, 11) is 0. The van der Waals surface area contributed by atoms with Crippen LogP contribution in [0.1, 0.15) is 11.4 Å². The number of aryl methyl sites for hydroxylation is 2. The summed E-state index contributed by atoms with van der Waals surface area (Å²) in [4.78, 5) is 9.09. The molecule has 4 rings (SSSR count). The SMILES string of the molecule is Cc1cccc(-c2cc(Nc3ccc(Oc4ccccc4)cc3)nc(C)n2)c1.Cl. The van der Waals surface area contributed by atoms with Gasteiger partial charge in [-0.3, -0.25) is 0 Å². The molecule has 0 radical (unpaired) electrons. The number of hydrogen-bond donors (Lipinski definition) is 1. The maximum Gasteiger partial charge on any atom is 0.134 e. The first kappa shape index (κ1) is 20.4. The van der Waals surface area contributed by atoms with E-state index in [1.165, 1.54) is 5.56 Å². The van der Waals surface area contributed by atoms with Crippen molar-refractivity contribution in [2.45, 2.75) is 13.8 Å². The molecule has 0 fully saturated rings. The van der Waals surface area contributed by atoms with Crippen molar-refractivity contribution < 1.29 is 4.74 Å². The van der Waals surface area contributed by atoms with E-state index in [1.807, 2.05) is 73.7 Å². The summed E-state index contributed by atoms with van der Waals surface area (Å²) in [6.45, 7) is 3.98. The predicted molar refractivity (Wildman–Crippen MR) is 120 cm³/mol. The summed E-state index contributed by atoms with van der Waals surface area (Å²) >= 11 is 0. The molecule has 0 atom stereocenters. The van der Waals surface area contributed by atoms with Crippen LogP contribution >= 0.6 is 12.4 Å². The van der Waals surface area contributed by atoms with Crippen LogP contribution in [0.15, 0.2) is 84.9 Å². The van der Waals surface area contributed by atoms with Crippen LogP contribution in [0.25, 0.3) is 11.3 Å². The lowest BCUT2D eigenvalue weighted by molar-refractivity contribution is 0.483. The number of nitrogens with one attached hydrogen (secondary N) is 1. The largest absolute Gasteiger partial charge is 0.457 e. The molecule has 1 heterocycles. The second kappa shape index (κ2) is 9.22. The molecule has 0 spiro atoms. The minimum absolute atomic E-state index is 0. The molecule has 146 valence electrons. The third kappa shape index (κ3) is 5.33. The molecule has 0 aliphatic carbocycles. The van der Waals surface area contributed by atoms with Crippen molar-refractivity contribution in [1.82, 2.24) is 9.97 Å². The standard InChI is InChI=1S/C24H21N3O.ClH/c1-17-7-6-8-19(15-17)23-16-24(26-18(2)25-23)27-20-11-13-22(14-12-20)28-21-9-4-3-5-10-21;/h3-16H,1-2H3,(H,25,26,27);1H. The molecule has 0 amide bonds. The Morgan fingerprint density at radius 1 is 0.724 bits per heavy atom. The first-order valence-corrected chi connectivity index (χ1v) is 9.18. The fraction of sp³-hybridized carbons (Fsp3) is 0.0833. The van der Waals surface area contributed by atoms with Crippen molar-refractivity contribution >= 4 is 23.9 Å². The van der Waals surface area contributed by atoms with Gasteiger partial charge >= 0.3 is 0 Å². The van der Waals surface area contributed by atoms with Gasteiger partial charge in [0.05, 0.1) is 5.69 Å². The van der Waals surface area contributed by atoms with Gasteiger partial charge in [-0.15, -0.1) is 12.4 Å². The van der Waals surface area contributed by atoms with Crippen LogP contribution in [0.5, 0.6) is 11.5 Å². The number of hydrogen-bond acceptors (Lipinski definition) is 4. The normalized spacial score (nSPS) is 10.1. The zero-order valence-corrected chi connectivity index (χ0v) is 17.1. The van der Waals surface area contributed by atoms with Crippen molar-refractivity contribution in [3.63, 3.8) is 0 Å². The van der Waals surface area contributed by atoms with Crippen molar-refractivity contribution in [3.05, 3.63) is 96.3 Å². The smallest absolute Gasteiger partial charge is 0.134 e. The topological polar surface area (TPSA) is 47.0 Å². The molecule has 0 saturated carbocycles. The van der Waals surface area contributed by atoms with Crippen LogP contribution in [0, 0.1) is 13.8 Å². The zero-order chi connectivity index (χ0) is 19.3. The highest BCUT2D eigenvalue weighted by atomic mass is 35.5. The fourth-order valence-corrected chi connectivity index (χ4v) is 2.96. The highest BCUT2D eigenvalue weighted by Crippen LogP contribution is 2.26. The highest BCUT2D eigenvalue weighted by Gasteiger charge is 2.06. The zero-order valence-electron chi connectivity index (χ0n) is 16.3. The van der Waals surface area contributed by atoms with E-state index in [-0.39, 0.29) is 12.4 Å². The molecule has 0 aliphatic rings. The van der Waals surface area contributed by atoms with Crippen molar-refractivity contribution in [1.29, 1.82) is 0 Å². The molecule has 0 saturated heterocycles. The Bertz CT molecular complexity index is 1080. The Morgan fingerprint density at radius 3 is 2.17 bits per heavy atom. The molecular formula is C24H22ClN3O. The first-order chi connectivity index (χ1) is 13.7. The van der Waals surface area contributed by atoms with Gasteiger partial charge in [-0.2, -0.15) is 0 Å². The minimum atomic E-state index is 0. The van der Waals surface area contributed by atoms with Gasteiger partial charge in [0.15, 0.2) is 0 Å². The second-order valence-electron chi connectivity index (χ2n) is 6.62. The van der Waals surface area contributed by atoms with Gasteiger partial charge in [0, 0.05) is 17.3 Å². The lowest BCUT2D eigenvalue weighted by Gasteiger charge is -2.10.